The molecule has 0 aromatic heterocycles. The summed E-state index contributed by atoms with van der Waals surface area (Å²) >= 11 is 0. The Bertz CT molecular complexity index is 340. The maximum absolute atomic E-state index is 12.3. The third-order valence-corrected chi connectivity index (χ3v) is 4.53. The van der Waals surface area contributed by atoms with E-state index in [-0.39, 0.29) is 12.0 Å². The molecule has 1 amide bonds. The highest BCUT2D eigenvalue weighted by atomic mass is 16.5. The number of hydrogen-bond acceptors (Lipinski definition) is 4. The molecule has 3 N–H and O–H groups in total. The van der Waals surface area contributed by atoms with Crippen molar-refractivity contribution in [2.75, 3.05) is 32.8 Å². The molecule has 122 valence electrons. The van der Waals surface area contributed by atoms with Gasteiger partial charge in [0, 0.05) is 26.2 Å². The average Bonchev–Trinajstić information content (AvgIpc) is 2.45. The van der Waals surface area contributed by atoms with Crippen molar-refractivity contribution in [1.29, 1.82) is 0 Å². The zero-order chi connectivity index (χ0) is 15.3. The molecule has 1 atom stereocenters. The molecule has 2 aliphatic rings. The van der Waals surface area contributed by atoms with Gasteiger partial charge < -0.3 is 15.8 Å². The first kappa shape index (κ1) is 16.7. The summed E-state index contributed by atoms with van der Waals surface area (Å²) in [4.78, 5) is 14.7. The van der Waals surface area contributed by atoms with Crippen LogP contribution in [0.25, 0.3) is 0 Å². The number of carbonyl (C=O) groups is 1. The Morgan fingerprint density at radius 1 is 1.38 bits per heavy atom. The molecular weight excluding hydrogens is 266 g/mol. The number of carbonyl (C=O) groups excluding carboxylic acids is 1. The van der Waals surface area contributed by atoms with Crippen LogP contribution in [0.3, 0.4) is 0 Å². The van der Waals surface area contributed by atoms with Gasteiger partial charge in [-0.1, -0.05) is 33.1 Å². The quantitative estimate of drug-likeness (QED) is 0.798. The first-order valence-corrected chi connectivity index (χ1v) is 8.41. The fourth-order valence-electron chi connectivity index (χ4n) is 3.38. The van der Waals surface area contributed by atoms with Crippen LogP contribution in [0.4, 0.5) is 0 Å². The lowest BCUT2D eigenvalue weighted by Crippen LogP contribution is -2.57. The van der Waals surface area contributed by atoms with Crippen LogP contribution in [0.2, 0.25) is 0 Å². The van der Waals surface area contributed by atoms with E-state index < -0.39 is 5.54 Å². The minimum atomic E-state index is -0.648. The molecule has 1 heterocycles. The van der Waals surface area contributed by atoms with Crippen LogP contribution in [0, 0.1) is 5.92 Å². The Morgan fingerprint density at radius 3 is 2.76 bits per heavy atom. The van der Waals surface area contributed by atoms with Crippen LogP contribution in [-0.4, -0.2) is 55.2 Å². The summed E-state index contributed by atoms with van der Waals surface area (Å²) in [5.74, 6) is 0.666. The van der Waals surface area contributed by atoms with Crippen molar-refractivity contribution in [3.8, 4) is 0 Å². The highest BCUT2D eigenvalue weighted by Gasteiger charge is 2.35. The van der Waals surface area contributed by atoms with Gasteiger partial charge in [-0.25, -0.2) is 0 Å². The van der Waals surface area contributed by atoms with Gasteiger partial charge in [0.2, 0.25) is 5.91 Å². The van der Waals surface area contributed by atoms with Gasteiger partial charge in [0.15, 0.2) is 0 Å². The van der Waals surface area contributed by atoms with E-state index in [0.29, 0.717) is 12.5 Å². The third kappa shape index (κ3) is 4.94. The van der Waals surface area contributed by atoms with E-state index in [9.17, 15) is 4.79 Å². The predicted molar refractivity (Wildman–Crippen MR) is 84.0 cm³/mol. The number of rotatable bonds is 5. The molecule has 5 nitrogen and oxygen atoms in total. The molecule has 5 heteroatoms. The largest absolute Gasteiger partial charge is 0.374 e. The number of amides is 1. The Labute approximate surface area is 128 Å². The van der Waals surface area contributed by atoms with E-state index in [1.165, 1.54) is 6.42 Å². The molecule has 1 aliphatic heterocycles. The second-order valence-electron chi connectivity index (χ2n) is 7.07. The van der Waals surface area contributed by atoms with E-state index in [4.69, 9.17) is 10.5 Å². The van der Waals surface area contributed by atoms with E-state index >= 15 is 0 Å². The van der Waals surface area contributed by atoms with E-state index in [1.807, 2.05) is 0 Å². The normalized spacial score (nSPS) is 26.8. The summed E-state index contributed by atoms with van der Waals surface area (Å²) in [5, 5.41) is 3.02. The molecular formula is C16H31N3O2. The van der Waals surface area contributed by atoms with Crippen LogP contribution in [-0.2, 0) is 9.53 Å². The molecule has 1 saturated heterocycles. The van der Waals surface area contributed by atoms with Gasteiger partial charge in [-0.2, -0.15) is 0 Å². The standard InChI is InChI=1S/C16H31N3O2/c1-13(2)11-19-8-9-21-14(12-19)10-18-15(20)16(17)6-4-3-5-7-16/h13-14H,3-12,17H2,1-2H3,(H,18,20). The maximum atomic E-state index is 12.3. The van der Waals surface area contributed by atoms with E-state index in [0.717, 1.165) is 51.9 Å². The Hall–Kier alpha value is -0.650. The number of ether oxygens (including phenoxy) is 1. The van der Waals surface area contributed by atoms with Crippen molar-refractivity contribution < 1.29 is 9.53 Å². The van der Waals surface area contributed by atoms with Crippen molar-refractivity contribution >= 4 is 5.91 Å². The molecule has 0 aromatic rings. The van der Waals surface area contributed by atoms with Gasteiger partial charge in [-0.3, -0.25) is 9.69 Å². The number of nitrogens with one attached hydrogen (secondary N) is 1. The molecule has 1 aliphatic carbocycles. The zero-order valence-electron chi connectivity index (χ0n) is 13.6. The van der Waals surface area contributed by atoms with Crippen LogP contribution in [0.1, 0.15) is 46.0 Å². The van der Waals surface area contributed by atoms with Crippen LogP contribution in [0.15, 0.2) is 0 Å². The fourth-order valence-corrected chi connectivity index (χ4v) is 3.38. The van der Waals surface area contributed by atoms with E-state index in [2.05, 4.69) is 24.1 Å². The lowest BCUT2D eigenvalue weighted by molar-refractivity contribution is -0.128. The van der Waals surface area contributed by atoms with Crippen molar-refractivity contribution in [2.24, 2.45) is 11.7 Å². The maximum Gasteiger partial charge on any atom is 0.240 e. The number of nitrogens with zero attached hydrogens (tertiary/aromatic N) is 1. The van der Waals surface area contributed by atoms with E-state index in [1.54, 1.807) is 0 Å². The van der Waals surface area contributed by atoms with Gasteiger partial charge in [-0.05, 0) is 18.8 Å². The monoisotopic (exact) mass is 297 g/mol. The minimum absolute atomic E-state index is 0.00628. The summed E-state index contributed by atoms with van der Waals surface area (Å²) in [6.45, 7) is 8.77. The summed E-state index contributed by atoms with van der Waals surface area (Å²) in [6.07, 6.45) is 5.03. The van der Waals surface area contributed by atoms with Crippen LogP contribution >= 0.6 is 0 Å². The molecule has 1 unspecified atom stereocenters. The lowest BCUT2D eigenvalue weighted by Gasteiger charge is -2.35. The van der Waals surface area contributed by atoms with Crippen molar-refractivity contribution in [2.45, 2.75) is 57.6 Å². The SMILES string of the molecule is CC(C)CN1CCOC(CNC(=O)C2(N)CCCCC2)C1. The molecule has 0 bridgehead atoms. The van der Waals surface area contributed by atoms with Crippen molar-refractivity contribution in [3.05, 3.63) is 0 Å². The highest BCUT2D eigenvalue weighted by molar-refractivity contribution is 5.86. The molecule has 2 fully saturated rings. The van der Waals surface area contributed by atoms with Gasteiger partial charge in [-0.15, -0.1) is 0 Å². The van der Waals surface area contributed by atoms with Crippen molar-refractivity contribution in [3.63, 3.8) is 0 Å². The third-order valence-electron chi connectivity index (χ3n) is 4.53. The summed E-state index contributed by atoms with van der Waals surface area (Å²) in [6, 6.07) is 0. The Balaban J connectivity index is 1.75. The minimum Gasteiger partial charge on any atom is -0.374 e. The molecule has 0 radical (unpaired) electrons. The molecule has 0 aromatic carbocycles. The van der Waals surface area contributed by atoms with Gasteiger partial charge in [0.1, 0.15) is 0 Å². The fraction of sp³-hybridized carbons (Fsp3) is 0.938. The highest BCUT2D eigenvalue weighted by Crippen LogP contribution is 2.25. The summed E-state index contributed by atoms with van der Waals surface area (Å²) in [5.41, 5.74) is 5.60. The average molecular weight is 297 g/mol. The molecule has 21 heavy (non-hydrogen) atoms. The summed E-state index contributed by atoms with van der Waals surface area (Å²) < 4.78 is 5.76. The second kappa shape index (κ2) is 7.56. The number of hydrogen-bond donors (Lipinski definition) is 2. The number of morpholine rings is 1. The second-order valence-corrected chi connectivity index (χ2v) is 7.07. The van der Waals surface area contributed by atoms with Crippen LogP contribution < -0.4 is 11.1 Å². The number of nitrogens with two attached hydrogens (primary N) is 1. The van der Waals surface area contributed by atoms with Gasteiger partial charge >= 0.3 is 0 Å². The van der Waals surface area contributed by atoms with Crippen LogP contribution in [0.5, 0.6) is 0 Å². The zero-order valence-corrected chi connectivity index (χ0v) is 13.6. The lowest BCUT2D eigenvalue weighted by atomic mass is 9.82. The first-order valence-electron chi connectivity index (χ1n) is 8.41. The topological polar surface area (TPSA) is 67.6 Å². The Kier molecular flexibility index (Phi) is 6.02. The predicted octanol–water partition coefficient (Wildman–Crippen LogP) is 1.12. The van der Waals surface area contributed by atoms with Gasteiger partial charge in [0.05, 0.1) is 18.2 Å². The Morgan fingerprint density at radius 2 is 2.10 bits per heavy atom. The summed E-state index contributed by atoms with van der Waals surface area (Å²) in [7, 11) is 0. The molecule has 0 spiro atoms. The van der Waals surface area contributed by atoms with Gasteiger partial charge in [0.25, 0.3) is 0 Å². The molecule has 2 rings (SSSR count). The molecule has 1 saturated carbocycles. The smallest absolute Gasteiger partial charge is 0.240 e. The van der Waals surface area contributed by atoms with Crippen molar-refractivity contribution in [1.82, 2.24) is 10.2 Å². The first-order chi connectivity index (χ1) is 9.99.